The van der Waals surface area contributed by atoms with Gasteiger partial charge in [0.25, 0.3) is 0 Å². The Morgan fingerprint density at radius 3 is 2.75 bits per heavy atom. The maximum absolute atomic E-state index is 12.1. The maximum Gasteiger partial charge on any atom is 0.326 e. The molecule has 2 aliphatic heterocycles. The van der Waals surface area contributed by atoms with Crippen LogP contribution in [-0.4, -0.2) is 76.9 Å². The monoisotopic (exact) mass is 285 g/mol. The number of carboxylic acid groups (broad SMARTS) is 1. The van der Waals surface area contributed by atoms with E-state index < -0.39 is 24.1 Å². The molecule has 0 radical (unpaired) electrons. The number of hydrogen-bond acceptors (Lipinski definition) is 4. The van der Waals surface area contributed by atoms with Gasteiger partial charge in [-0.25, -0.2) is 9.59 Å². The standard InChI is InChI=1S/C13H23N3O4/c1-15-5-3-2-4-9(15)7-14-13(20)16-8-10(17)6-11(16)12(18)19/h9-11,17H,2-8H2,1H3,(H,14,20)(H,18,19)/t9?,10-,11-/m0/s1. The highest BCUT2D eigenvalue weighted by Crippen LogP contribution is 2.19. The van der Waals surface area contributed by atoms with Crippen LogP contribution in [0.2, 0.25) is 0 Å². The fraction of sp³-hybridized carbons (Fsp3) is 0.846. The molecule has 0 aliphatic carbocycles. The number of aliphatic hydroxyl groups excluding tert-OH is 1. The minimum atomic E-state index is -1.06. The van der Waals surface area contributed by atoms with Crippen LogP contribution in [0.3, 0.4) is 0 Å². The van der Waals surface area contributed by atoms with Crippen LogP contribution < -0.4 is 5.32 Å². The van der Waals surface area contributed by atoms with E-state index in [0.29, 0.717) is 12.6 Å². The molecule has 0 spiro atoms. The average molecular weight is 285 g/mol. The SMILES string of the molecule is CN1CCCCC1CNC(=O)N1C[C@@H](O)C[C@H]1C(=O)O. The van der Waals surface area contributed by atoms with Gasteiger partial charge in [0.05, 0.1) is 6.10 Å². The van der Waals surface area contributed by atoms with Crippen molar-refractivity contribution in [3.05, 3.63) is 0 Å². The molecule has 2 fully saturated rings. The van der Waals surface area contributed by atoms with Crippen molar-refractivity contribution in [3.63, 3.8) is 0 Å². The van der Waals surface area contributed by atoms with E-state index >= 15 is 0 Å². The zero-order valence-electron chi connectivity index (χ0n) is 11.8. The van der Waals surface area contributed by atoms with Crippen LogP contribution in [0.15, 0.2) is 0 Å². The molecule has 0 aromatic heterocycles. The average Bonchev–Trinajstić information content (AvgIpc) is 2.80. The Morgan fingerprint density at radius 1 is 1.35 bits per heavy atom. The quantitative estimate of drug-likeness (QED) is 0.662. The number of likely N-dealkylation sites (tertiary alicyclic amines) is 2. The lowest BCUT2D eigenvalue weighted by Crippen LogP contribution is -2.50. The van der Waals surface area contributed by atoms with Gasteiger partial charge in [0.15, 0.2) is 0 Å². The first-order valence-electron chi connectivity index (χ1n) is 7.14. The van der Waals surface area contributed by atoms with E-state index in [1.807, 2.05) is 7.05 Å². The summed E-state index contributed by atoms with van der Waals surface area (Å²) in [7, 11) is 2.04. The fourth-order valence-electron chi connectivity index (χ4n) is 2.98. The van der Waals surface area contributed by atoms with Gasteiger partial charge in [-0.05, 0) is 26.4 Å². The van der Waals surface area contributed by atoms with Gasteiger partial charge in [0.2, 0.25) is 0 Å². The molecular formula is C13H23N3O4. The number of β-amino-alcohol motifs (C(OH)–C–C–N with tert-alkyl or cyclic N) is 1. The Labute approximate surface area is 118 Å². The molecule has 0 aromatic rings. The van der Waals surface area contributed by atoms with Crippen molar-refractivity contribution in [3.8, 4) is 0 Å². The van der Waals surface area contributed by atoms with E-state index in [4.69, 9.17) is 5.11 Å². The van der Waals surface area contributed by atoms with Gasteiger partial charge in [-0.1, -0.05) is 6.42 Å². The van der Waals surface area contributed by atoms with E-state index in [1.54, 1.807) is 0 Å². The van der Waals surface area contributed by atoms with Gasteiger partial charge >= 0.3 is 12.0 Å². The highest BCUT2D eigenvalue weighted by Gasteiger charge is 2.39. The number of carbonyl (C=O) groups is 2. The van der Waals surface area contributed by atoms with Gasteiger partial charge in [0.1, 0.15) is 6.04 Å². The third-order valence-electron chi connectivity index (χ3n) is 4.24. The fourth-order valence-corrected chi connectivity index (χ4v) is 2.98. The zero-order chi connectivity index (χ0) is 14.7. The topological polar surface area (TPSA) is 93.1 Å². The smallest absolute Gasteiger partial charge is 0.326 e. The van der Waals surface area contributed by atoms with E-state index in [9.17, 15) is 14.7 Å². The van der Waals surface area contributed by atoms with E-state index in [-0.39, 0.29) is 13.0 Å². The summed E-state index contributed by atoms with van der Waals surface area (Å²) in [4.78, 5) is 26.6. The van der Waals surface area contributed by atoms with Crippen LogP contribution in [-0.2, 0) is 4.79 Å². The van der Waals surface area contributed by atoms with Crippen LogP contribution >= 0.6 is 0 Å². The lowest BCUT2D eigenvalue weighted by Gasteiger charge is -2.33. The molecule has 0 saturated carbocycles. The first-order chi connectivity index (χ1) is 9.49. The molecule has 2 saturated heterocycles. The van der Waals surface area contributed by atoms with Crippen LogP contribution in [0.4, 0.5) is 4.79 Å². The van der Waals surface area contributed by atoms with Crippen LogP contribution in [0.5, 0.6) is 0 Å². The second kappa shape index (κ2) is 6.41. The van der Waals surface area contributed by atoms with Crippen LogP contribution in [0.25, 0.3) is 0 Å². The largest absolute Gasteiger partial charge is 0.480 e. The maximum atomic E-state index is 12.1. The van der Waals surface area contributed by atoms with Crippen molar-refractivity contribution in [1.82, 2.24) is 15.1 Å². The number of likely N-dealkylation sites (N-methyl/N-ethyl adjacent to an activating group) is 1. The van der Waals surface area contributed by atoms with Crippen molar-refractivity contribution in [1.29, 1.82) is 0 Å². The summed E-state index contributed by atoms with van der Waals surface area (Å²) in [5, 5.41) is 21.4. The summed E-state index contributed by atoms with van der Waals surface area (Å²) >= 11 is 0. The number of urea groups is 1. The lowest BCUT2D eigenvalue weighted by atomic mass is 10.0. The molecule has 1 unspecified atom stereocenters. The molecule has 3 N–H and O–H groups in total. The molecule has 2 rings (SSSR count). The molecular weight excluding hydrogens is 262 g/mol. The Hall–Kier alpha value is -1.34. The van der Waals surface area contributed by atoms with Crippen molar-refractivity contribution in [2.75, 3.05) is 26.7 Å². The molecule has 2 heterocycles. The normalized spacial score (nSPS) is 31.3. The summed E-state index contributed by atoms with van der Waals surface area (Å²) in [5.41, 5.74) is 0. The number of nitrogens with zero attached hydrogens (tertiary/aromatic N) is 2. The van der Waals surface area contributed by atoms with Crippen molar-refractivity contribution in [2.24, 2.45) is 0 Å². The van der Waals surface area contributed by atoms with Crippen molar-refractivity contribution >= 4 is 12.0 Å². The Bertz CT molecular complexity index is 377. The first kappa shape index (κ1) is 15.1. The number of carboxylic acids is 1. The summed E-state index contributed by atoms with van der Waals surface area (Å²) in [5.74, 6) is -1.06. The summed E-state index contributed by atoms with van der Waals surface area (Å²) in [6.07, 6.45) is 2.73. The number of piperidine rings is 1. The molecule has 3 atom stereocenters. The van der Waals surface area contributed by atoms with Crippen LogP contribution in [0, 0.1) is 0 Å². The van der Waals surface area contributed by atoms with Crippen molar-refractivity contribution in [2.45, 2.75) is 43.9 Å². The molecule has 20 heavy (non-hydrogen) atoms. The van der Waals surface area contributed by atoms with Gasteiger partial charge in [0, 0.05) is 25.6 Å². The summed E-state index contributed by atoms with van der Waals surface area (Å²) in [6.45, 7) is 1.64. The first-order valence-corrected chi connectivity index (χ1v) is 7.14. The molecule has 0 aromatic carbocycles. The molecule has 7 nitrogen and oxygen atoms in total. The number of rotatable bonds is 3. The number of aliphatic carboxylic acids is 1. The number of hydrogen-bond donors (Lipinski definition) is 3. The van der Waals surface area contributed by atoms with Gasteiger partial charge in [-0.2, -0.15) is 0 Å². The minimum absolute atomic E-state index is 0.0866. The van der Waals surface area contributed by atoms with Gasteiger partial charge in [-0.15, -0.1) is 0 Å². The number of carbonyl (C=O) groups excluding carboxylic acids is 1. The summed E-state index contributed by atoms with van der Waals surface area (Å²) in [6, 6.07) is -1.01. The Kier molecular flexibility index (Phi) is 4.82. The molecule has 7 heteroatoms. The van der Waals surface area contributed by atoms with E-state index in [1.165, 1.54) is 11.3 Å². The lowest BCUT2D eigenvalue weighted by molar-refractivity contribution is -0.141. The molecule has 2 aliphatic rings. The van der Waals surface area contributed by atoms with E-state index in [2.05, 4.69) is 10.2 Å². The predicted octanol–water partition coefficient (Wildman–Crippen LogP) is -0.300. The second-order valence-corrected chi connectivity index (χ2v) is 5.71. The Balaban J connectivity index is 1.86. The zero-order valence-corrected chi connectivity index (χ0v) is 11.8. The highest BCUT2D eigenvalue weighted by atomic mass is 16.4. The van der Waals surface area contributed by atoms with Crippen LogP contribution in [0.1, 0.15) is 25.7 Å². The summed E-state index contributed by atoms with van der Waals surface area (Å²) < 4.78 is 0. The molecule has 0 bridgehead atoms. The molecule has 114 valence electrons. The number of aliphatic hydroxyl groups is 1. The predicted molar refractivity (Wildman–Crippen MR) is 72.4 cm³/mol. The van der Waals surface area contributed by atoms with E-state index in [0.717, 1.165) is 19.4 Å². The third-order valence-corrected chi connectivity index (χ3v) is 4.24. The van der Waals surface area contributed by atoms with Gasteiger partial charge in [-0.3, -0.25) is 0 Å². The second-order valence-electron chi connectivity index (χ2n) is 5.71. The molecule has 2 amide bonds. The van der Waals surface area contributed by atoms with Crippen molar-refractivity contribution < 1.29 is 19.8 Å². The highest BCUT2D eigenvalue weighted by molar-refractivity contribution is 5.83. The number of amides is 2. The number of nitrogens with one attached hydrogen (secondary N) is 1. The minimum Gasteiger partial charge on any atom is -0.480 e. The third kappa shape index (κ3) is 3.40. The van der Waals surface area contributed by atoms with Gasteiger partial charge < -0.3 is 25.3 Å². The Morgan fingerprint density at radius 2 is 2.10 bits per heavy atom.